The number of hydrogen-bond acceptors (Lipinski definition) is 3. The Kier molecular flexibility index (Phi) is 7.45. The van der Waals surface area contributed by atoms with Crippen molar-refractivity contribution in [1.82, 2.24) is 10.2 Å². The van der Waals surface area contributed by atoms with Crippen LogP contribution in [0.15, 0.2) is 60.7 Å². The summed E-state index contributed by atoms with van der Waals surface area (Å²) in [6.07, 6.45) is 4.82. The minimum absolute atomic E-state index is 0.000732. The van der Waals surface area contributed by atoms with Crippen molar-refractivity contribution < 1.29 is 14.3 Å². The van der Waals surface area contributed by atoms with Crippen LogP contribution in [0.25, 0.3) is 6.08 Å². The largest absolute Gasteiger partial charge is 0.492 e. The molecule has 1 aliphatic heterocycles. The van der Waals surface area contributed by atoms with Crippen LogP contribution in [0, 0.1) is 12.8 Å². The Labute approximate surface area is 172 Å². The molecular formula is C24H28N2O3. The van der Waals surface area contributed by atoms with Crippen molar-refractivity contribution in [1.29, 1.82) is 0 Å². The van der Waals surface area contributed by atoms with Gasteiger partial charge in [-0.1, -0.05) is 48.0 Å². The van der Waals surface area contributed by atoms with Crippen LogP contribution < -0.4 is 10.1 Å². The molecule has 0 unspecified atom stereocenters. The average Bonchev–Trinajstić information content (AvgIpc) is 2.77. The third kappa shape index (κ3) is 6.49. The van der Waals surface area contributed by atoms with Crippen molar-refractivity contribution in [2.75, 3.05) is 26.2 Å². The first-order valence-corrected chi connectivity index (χ1v) is 10.1. The molecule has 1 fully saturated rings. The molecule has 3 rings (SSSR count). The van der Waals surface area contributed by atoms with E-state index in [0.717, 1.165) is 11.3 Å². The molecule has 2 aromatic carbocycles. The fourth-order valence-corrected chi connectivity index (χ4v) is 3.32. The Hall–Kier alpha value is -3.08. The molecule has 2 aromatic rings. The van der Waals surface area contributed by atoms with Crippen molar-refractivity contribution in [3.05, 3.63) is 71.8 Å². The van der Waals surface area contributed by atoms with Gasteiger partial charge in [0.25, 0.3) is 0 Å². The monoisotopic (exact) mass is 392 g/mol. The van der Waals surface area contributed by atoms with Gasteiger partial charge in [0.05, 0.1) is 6.54 Å². The SMILES string of the molecule is Cc1ccc(OCCNC(=O)C2CCN(C(=O)C=Cc3ccccc3)CC2)cc1. The van der Waals surface area contributed by atoms with E-state index in [1.54, 1.807) is 6.08 Å². The molecule has 2 amide bonds. The molecule has 0 radical (unpaired) electrons. The lowest BCUT2D eigenvalue weighted by Gasteiger charge is -2.30. The first-order valence-electron chi connectivity index (χ1n) is 10.1. The van der Waals surface area contributed by atoms with E-state index in [2.05, 4.69) is 5.32 Å². The van der Waals surface area contributed by atoms with Crippen LogP contribution in [0.4, 0.5) is 0 Å². The molecule has 5 heteroatoms. The zero-order chi connectivity index (χ0) is 20.5. The summed E-state index contributed by atoms with van der Waals surface area (Å²) in [5, 5.41) is 2.94. The van der Waals surface area contributed by atoms with Gasteiger partial charge in [0.1, 0.15) is 12.4 Å². The summed E-state index contributed by atoms with van der Waals surface area (Å²) in [6, 6.07) is 17.6. The lowest BCUT2D eigenvalue weighted by molar-refractivity contribution is -0.132. The normalized spacial score (nSPS) is 14.7. The molecule has 5 nitrogen and oxygen atoms in total. The second-order valence-corrected chi connectivity index (χ2v) is 7.30. The third-order valence-corrected chi connectivity index (χ3v) is 5.09. The highest BCUT2D eigenvalue weighted by Crippen LogP contribution is 2.18. The first kappa shape index (κ1) is 20.6. The average molecular weight is 392 g/mol. The van der Waals surface area contributed by atoms with E-state index >= 15 is 0 Å². The van der Waals surface area contributed by atoms with Gasteiger partial charge < -0.3 is 15.0 Å². The smallest absolute Gasteiger partial charge is 0.246 e. The van der Waals surface area contributed by atoms with E-state index in [0.29, 0.717) is 39.1 Å². The number of rotatable bonds is 7. The fraction of sp³-hybridized carbons (Fsp3) is 0.333. The fourth-order valence-electron chi connectivity index (χ4n) is 3.32. The molecule has 0 bridgehead atoms. The molecular weight excluding hydrogens is 364 g/mol. The van der Waals surface area contributed by atoms with E-state index in [1.807, 2.05) is 72.5 Å². The molecule has 152 valence electrons. The molecule has 0 spiro atoms. The number of ether oxygens (including phenoxy) is 1. The van der Waals surface area contributed by atoms with Crippen molar-refractivity contribution in [3.63, 3.8) is 0 Å². The number of hydrogen-bond donors (Lipinski definition) is 1. The standard InChI is InChI=1S/C24H28N2O3/c1-19-7-10-22(11-8-19)29-18-15-25-24(28)21-13-16-26(17-14-21)23(27)12-9-20-5-3-2-4-6-20/h2-12,21H,13-18H2,1H3,(H,25,28). The van der Waals surface area contributed by atoms with Crippen molar-refractivity contribution in [2.24, 2.45) is 5.92 Å². The quantitative estimate of drug-likeness (QED) is 0.580. The van der Waals surface area contributed by atoms with Gasteiger partial charge in [-0.05, 0) is 43.5 Å². The molecule has 1 heterocycles. The van der Waals surface area contributed by atoms with Crippen molar-refractivity contribution >= 4 is 17.9 Å². The Morgan fingerprint density at radius 3 is 2.45 bits per heavy atom. The zero-order valence-electron chi connectivity index (χ0n) is 16.8. The van der Waals surface area contributed by atoms with E-state index in [4.69, 9.17) is 4.74 Å². The second kappa shape index (κ2) is 10.5. The zero-order valence-corrected chi connectivity index (χ0v) is 16.8. The number of amides is 2. The lowest BCUT2D eigenvalue weighted by Crippen LogP contribution is -2.43. The summed E-state index contributed by atoms with van der Waals surface area (Å²) in [5.74, 6) is 0.806. The van der Waals surface area contributed by atoms with Gasteiger partial charge in [-0.2, -0.15) is 0 Å². The number of nitrogens with zero attached hydrogens (tertiary/aromatic N) is 1. The predicted octanol–water partition coefficient (Wildman–Crippen LogP) is 3.44. The van der Waals surface area contributed by atoms with Crippen LogP contribution >= 0.6 is 0 Å². The minimum Gasteiger partial charge on any atom is -0.492 e. The molecule has 29 heavy (non-hydrogen) atoms. The molecule has 1 aliphatic rings. The number of piperidine rings is 1. The summed E-state index contributed by atoms with van der Waals surface area (Å²) in [7, 11) is 0. The summed E-state index contributed by atoms with van der Waals surface area (Å²) in [4.78, 5) is 26.5. The molecule has 0 aliphatic carbocycles. The number of nitrogens with one attached hydrogen (secondary N) is 1. The predicted molar refractivity (Wildman–Crippen MR) is 114 cm³/mol. The Balaban J connectivity index is 1.35. The number of carbonyl (C=O) groups excluding carboxylic acids is 2. The second-order valence-electron chi connectivity index (χ2n) is 7.30. The van der Waals surface area contributed by atoms with Gasteiger partial charge >= 0.3 is 0 Å². The van der Waals surface area contributed by atoms with Gasteiger partial charge in [-0.3, -0.25) is 9.59 Å². The Morgan fingerprint density at radius 1 is 1.07 bits per heavy atom. The van der Waals surface area contributed by atoms with E-state index in [9.17, 15) is 9.59 Å². The summed E-state index contributed by atoms with van der Waals surface area (Å²) < 4.78 is 5.64. The number of likely N-dealkylation sites (tertiary alicyclic amines) is 1. The lowest BCUT2D eigenvalue weighted by atomic mass is 9.96. The molecule has 0 aromatic heterocycles. The van der Waals surface area contributed by atoms with E-state index in [1.165, 1.54) is 5.56 Å². The summed E-state index contributed by atoms with van der Waals surface area (Å²) in [6.45, 7) is 4.16. The maximum absolute atomic E-state index is 12.4. The molecule has 0 saturated carbocycles. The Morgan fingerprint density at radius 2 is 1.76 bits per heavy atom. The highest BCUT2D eigenvalue weighted by atomic mass is 16.5. The first-order chi connectivity index (χ1) is 14.1. The van der Waals surface area contributed by atoms with Gasteiger partial charge in [0.2, 0.25) is 11.8 Å². The highest BCUT2D eigenvalue weighted by Gasteiger charge is 2.26. The van der Waals surface area contributed by atoms with Crippen LogP contribution in [-0.2, 0) is 9.59 Å². The summed E-state index contributed by atoms with van der Waals surface area (Å²) >= 11 is 0. The molecule has 0 atom stereocenters. The number of carbonyl (C=O) groups is 2. The minimum atomic E-state index is -0.0449. The van der Waals surface area contributed by atoms with Crippen LogP contribution in [0.1, 0.15) is 24.0 Å². The van der Waals surface area contributed by atoms with Crippen molar-refractivity contribution in [3.8, 4) is 5.75 Å². The van der Waals surface area contributed by atoms with E-state index < -0.39 is 0 Å². The van der Waals surface area contributed by atoms with Crippen LogP contribution in [0.2, 0.25) is 0 Å². The van der Waals surface area contributed by atoms with Crippen LogP contribution in [-0.4, -0.2) is 43.0 Å². The third-order valence-electron chi connectivity index (χ3n) is 5.09. The Bertz CT molecular complexity index is 823. The molecule has 1 N–H and O–H groups in total. The summed E-state index contributed by atoms with van der Waals surface area (Å²) in [5.41, 5.74) is 2.19. The van der Waals surface area contributed by atoms with Gasteiger partial charge in [-0.25, -0.2) is 0 Å². The number of aryl methyl sites for hydroxylation is 1. The maximum atomic E-state index is 12.4. The van der Waals surface area contributed by atoms with Gasteiger partial charge in [0, 0.05) is 25.1 Å². The van der Waals surface area contributed by atoms with Crippen LogP contribution in [0.5, 0.6) is 5.75 Å². The highest BCUT2D eigenvalue weighted by molar-refractivity contribution is 5.92. The topological polar surface area (TPSA) is 58.6 Å². The maximum Gasteiger partial charge on any atom is 0.246 e. The number of benzene rings is 2. The van der Waals surface area contributed by atoms with Crippen molar-refractivity contribution in [2.45, 2.75) is 19.8 Å². The van der Waals surface area contributed by atoms with Gasteiger partial charge in [-0.15, -0.1) is 0 Å². The molecule has 1 saturated heterocycles. The van der Waals surface area contributed by atoms with Gasteiger partial charge in [0.15, 0.2) is 0 Å². The van der Waals surface area contributed by atoms with Crippen LogP contribution in [0.3, 0.4) is 0 Å². The van der Waals surface area contributed by atoms with E-state index in [-0.39, 0.29) is 17.7 Å².